The minimum absolute atomic E-state index is 0.263. The Hall–Kier alpha value is -1.38. The standard InChI is InChI=1S/C15H15N3S2/c1-15(2)4-3-9-11(5-15)18-14(19)10(6-16)13(9)12-7-17-8-20-12/h7-8H,3-5H2,1-2H3,(H,18,19). The Morgan fingerprint density at radius 1 is 1.45 bits per heavy atom. The van der Waals surface area contributed by atoms with Gasteiger partial charge in [-0.15, -0.1) is 24.0 Å². The van der Waals surface area contributed by atoms with Crippen LogP contribution >= 0.6 is 24.0 Å². The van der Waals surface area contributed by atoms with Gasteiger partial charge in [0.2, 0.25) is 0 Å². The zero-order chi connectivity index (χ0) is 14.3. The zero-order valence-electron chi connectivity index (χ0n) is 11.5. The van der Waals surface area contributed by atoms with Crippen molar-refractivity contribution < 1.29 is 0 Å². The molecule has 1 aliphatic rings. The summed E-state index contributed by atoms with van der Waals surface area (Å²) < 4.78 is 0. The lowest BCUT2D eigenvalue weighted by Crippen LogP contribution is -2.24. The smallest absolute Gasteiger partial charge is 0.112 e. The number of pyridine rings is 1. The first kappa shape index (κ1) is 13.6. The lowest BCUT2D eigenvalue weighted by Gasteiger charge is -2.32. The maximum atomic E-state index is 9.45. The normalized spacial score (nSPS) is 16.5. The van der Waals surface area contributed by atoms with Crippen molar-refractivity contribution >= 4 is 24.0 Å². The molecule has 0 radical (unpaired) electrons. The van der Waals surface area contributed by atoms with Crippen LogP contribution in [0.4, 0.5) is 0 Å². The van der Waals surface area contributed by atoms with Gasteiger partial charge in [0.25, 0.3) is 0 Å². The van der Waals surface area contributed by atoms with Gasteiger partial charge in [-0.25, -0.2) is 4.98 Å². The molecule has 0 unspecified atom stereocenters. The summed E-state index contributed by atoms with van der Waals surface area (Å²) in [5.41, 5.74) is 5.95. The third kappa shape index (κ3) is 2.23. The number of thiol groups is 1. The van der Waals surface area contributed by atoms with E-state index in [0.717, 1.165) is 35.4 Å². The highest BCUT2D eigenvalue weighted by atomic mass is 32.1. The molecule has 0 spiro atoms. The third-order valence-corrected chi connectivity index (χ3v) is 4.97. The second-order valence-electron chi connectivity index (χ2n) is 5.93. The van der Waals surface area contributed by atoms with E-state index in [9.17, 15) is 5.26 Å². The molecular formula is C15H15N3S2. The molecule has 3 nitrogen and oxygen atoms in total. The second kappa shape index (κ2) is 4.87. The monoisotopic (exact) mass is 301 g/mol. The molecule has 20 heavy (non-hydrogen) atoms. The molecule has 3 rings (SSSR count). The number of thiazole rings is 1. The molecule has 0 amide bonds. The van der Waals surface area contributed by atoms with Gasteiger partial charge in [0.1, 0.15) is 11.1 Å². The molecule has 0 fully saturated rings. The summed E-state index contributed by atoms with van der Waals surface area (Å²) in [6, 6.07) is 2.26. The van der Waals surface area contributed by atoms with E-state index in [-0.39, 0.29) is 5.41 Å². The van der Waals surface area contributed by atoms with Gasteiger partial charge in [-0.2, -0.15) is 5.26 Å². The average molecular weight is 301 g/mol. The van der Waals surface area contributed by atoms with Gasteiger partial charge in [0.15, 0.2) is 0 Å². The summed E-state index contributed by atoms with van der Waals surface area (Å²) in [5, 5.41) is 9.98. The Balaban J connectivity index is 2.27. The topological polar surface area (TPSA) is 49.6 Å². The van der Waals surface area contributed by atoms with Crippen molar-refractivity contribution in [1.82, 2.24) is 9.97 Å². The number of hydrogen-bond donors (Lipinski definition) is 1. The van der Waals surface area contributed by atoms with Crippen LogP contribution in [-0.4, -0.2) is 9.97 Å². The fraction of sp³-hybridized carbons (Fsp3) is 0.400. The molecule has 0 saturated heterocycles. The molecule has 102 valence electrons. The van der Waals surface area contributed by atoms with Crippen LogP contribution in [0.5, 0.6) is 0 Å². The lowest BCUT2D eigenvalue weighted by molar-refractivity contribution is 0.310. The van der Waals surface area contributed by atoms with Crippen LogP contribution < -0.4 is 0 Å². The van der Waals surface area contributed by atoms with Crippen LogP contribution in [0.2, 0.25) is 0 Å². The number of aromatic nitrogens is 2. The van der Waals surface area contributed by atoms with E-state index in [2.05, 4.69) is 42.5 Å². The Labute approximate surface area is 128 Å². The number of nitrogens with zero attached hydrogens (tertiary/aromatic N) is 3. The van der Waals surface area contributed by atoms with Crippen molar-refractivity contribution in [3.05, 3.63) is 28.5 Å². The molecule has 0 aromatic carbocycles. The first-order valence-electron chi connectivity index (χ1n) is 6.55. The van der Waals surface area contributed by atoms with E-state index in [1.165, 1.54) is 5.56 Å². The van der Waals surface area contributed by atoms with Crippen LogP contribution in [0.15, 0.2) is 16.7 Å². The zero-order valence-corrected chi connectivity index (χ0v) is 13.2. The second-order valence-corrected chi connectivity index (χ2v) is 7.24. The highest BCUT2D eigenvalue weighted by molar-refractivity contribution is 7.80. The molecule has 0 N–H and O–H groups in total. The summed E-state index contributed by atoms with van der Waals surface area (Å²) in [7, 11) is 0. The lowest BCUT2D eigenvalue weighted by atomic mass is 9.75. The molecule has 5 heteroatoms. The van der Waals surface area contributed by atoms with Crippen molar-refractivity contribution in [3.8, 4) is 16.5 Å². The molecule has 2 aromatic heterocycles. The van der Waals surface area contributed by atoms with Crippen LogP contribution in [0.3, 0.4) is 0 Å². The molecule has 2 heterocycles. The van der Waals surface area contributed by atoms with Crippen molar-refractivity contribution in [3.63, 3.8) is 0 Å². The van der Waals surface area contributed by atoms with E-state index >= 15 is 0 Å². The van der Waals surface area contributed by atoms with Crippen molar-refractivity contribution in [1.29, 1.82) is 5.26 Å². The average Bonchev–Trinajstić information content (AvgIpc) is 2.89. The van der Waals surface area contributed by atoms with Crippen molar-refractivity contribution in [2.45, 2.75) is 38.1 Å². The Bertz CT molecular complexity index is 697. The first-order chi connectivity index (χ1) is 9.52. The number of hydrogen-bond acceptors (Lipinski definition) is 5. The van der Waals surface area contributed by atoms with E-state index in [1.54, 1.807) is 16.8 Å². The predicted octanol–water partition coefficient (Wildman–Crippen LogP) is 3.88. The van der Waals surface area contributed by atoms with Gasteiger partial charge in [0, 0.05) is 17.5 Å². The quantitative estimate of drug-likeness (QED) is 0.813. The number of nitriles is 1. The highest BCUT2D eigenvalue weighted by Gasteiger charge is 2.30. The fourth-order valence-electron chi connectivity index (χ4n) is 2.80. The van der Waals surface area contributed by atoms with Gasteiger partial charge < -0.3 is 0 Å². The molecule has 0 atom stereocenters. The minimum Gasteiger partial charge on any atom is -0.252 e. The summed E-state index contributed by atoms with van der Waals surface area (Å²) in [6.07, 6.45) is 4.84. The number of rotatable bonds is 1. The molecule has 0 aliphatic heterocycles. The van der Waals surface area contributed by atoms with Crippen LogP contribution in [-0.2, 0) is 12.8 Å². The third-order valence-electron chi connectivity index (χ3n) is 3.85. The van der Waals surface area contributed by atoms with Gasteiger partial charge >= 0.3 is 0 Å². The minimum atomic E-state index is 0.263. The number of fused-ring (bicyclic) bond motifs is 1. The van der Waals surface area contributed by atoms with E-state index in [1.807, 2.05) is 6.20 Å². The predicted molar refractivity (Wildman–Crippen MR) is 83.1 cm³/mol. The van der Waals surface area contributed by atoms with Crippen molar-refractivity contribution in [2.75, 3.05) is 0 Å². The summed E-state index contributed by atoms with van der Waals surface area (Å²) in [4.78, 5) is 9.76. The molecule has 0 bridgehead atoms. The van der Waals surface area contributed by atoms with Crippen LogP contribution in [0, 0.1) is 16.7 Å². The molecule has 2 aromatic rings. The van der Waals surface area contributed by atoms with Gasteiger partial charge in [-0.3, -0.25) is 4.98 Å². The summed E-state index contributed by atoms with van der Waals surface area (Å²) in [5.74, 6) is 0. The summed E-state index contributed by atoms with van der Waals surface area (Å²) in [6.45, 7) is 4.53. The maximum absolute atomic E-state index is 9.45. The van der Waals surface area contributed by atoms with Gasteiger partial charge in [-0.1, -0.05) is 13.8 Å². The van der Waals surface area contributed by atoms with Crippen LogP contribution in [0.25, 0.3) is 10.4 Å². The van der Waals surface area contributed by atoms with E-state index in [0.29, 0.717) is 10.6 Å². The molecule has 0 saturated carbocycles. The largest absolute Gasteiger partial charge is 0.252 e. The van der Waals surface area contributed by atoms with Gasteiger partial charge in [0.05, 0.1) is 16.0 Å². The summed E-state index contributed by atoms with van der Waals surface area (Å²) >= 11 is 5.98. The Morgan fingerprint density at radius 2 is 2.25 bits per heavy atom. The van der Waals surface area contributed by atoms with E-state index < -0.39 is 0 Å². The van der Waals surface area contributed by atoms with Crippen LogP contribution in [0.1, 0.15) is 37.1 Å². The molecular weight excluding hydrogens is 286 g/mol. The van der Waals surface area contributed by atoms with Gasteiger partial charge in [-0.05, 0) is 30.2 Å². The molecule has 1 aliphatic carbocycles. The first-order valence-corrected chi connectivity index (χ1v) is 7.88. The Morgan fingerprint density at radius 3 is 2.90 bits per heavy atom. The van der Waals surface area contributed by atoms with E-state index in [4.69, 9.17) is 0 Å². The highest BCUT2D eigenvalue weighted by Crippen LogP contribution is 2.41. The fourth-order valence-corrected chi connectivity index (χ4v) is 3.78. The van der Waals surface area contributed by atoms with Crippen molar-refractivity contribution in [2.24, 2.45) is 5.41 Å². The Kier molecular flexibility index (Phi) is 3.31. The maximum Gasteiger partial charge on any atom is 0.112 e. The SMILES string of the molecule is CC1(C)CCc2c(nc(S)c(C#N)c2-c2cncs2)C1.